The van der Waals surface area contributed by atoms with E-state index in [9.17, 15) is 4.79 Å². The summed E-state index contributed by atoms with van der Waals surface area (Å²) in [6.07, 6.45) is 0.976. The molecule has 2 heteroatoms. The maximum Gasteiger partial charge on any atom is 0.159 e. The molecular formula is C11H14O2. The summed E-state index contributed by atoms with van der Waals surface area (Å²) in [5.74, 6) is 0.844. The predicted octanol–water partition coefficient (Wildman–Crippen LogP) is 2.68. The Balaban J connectivity index is 2.73. The van der Waals surface area contributed by atoms with Gasteiger partial charge in [0.15, 0.2) is 5.78 Å². The van der Waals surface area contributed by atoms with Gasteiger partial charge in [-0.25, -0.2) is 0 Å². The summed E-state index contributed by atoms with van der Waals surface area (Å²) < 4.78 is 5.39. The first kappa shape index (κ1) is 9.78. The van der Waals surface area contributed by atoms with E-state index in [4.69, 9.17) is 4.74 Å². The molecule has 0 spiro atoms. The van der Waals surface area contributed by atoms with Gasteiger partial charge in [0, 0.05) is 5.56 Å². The lowest BCUT2D eigenvalue weighted by Crippen LogP contribution is -1.97. The maximum atomic E-state index is 11.0. The highest BCUT2D eigenvalue weighted by Crippen LogP contribution is 2.13. The van der Waals surface area contributed by atoms with Gasteiger partial charge in [-0.05, 0) is 25.5 Å². The average molecular weight is 178 g/mol. The third kappa shape index (κ3) is 2.90. The summed E-state index contributed by atoms with van der Waals surface area (Å²) in [6.45, 7) is 4.30. The molecule has 0 aromatic heterocycles. The number of Topliss-reactive ketones (excluding diaryl/α,β-unsaturated/α-hetero) is 1. The summed E-state index contributed by atoms with van der Waals surface area (Å²) >= 11 is 0. The molecule has 1 aromatic carbocycles. The van der Waals surface area contributed by atoms with Crippen molar-refractivity contribution in [3.8, 4) is 5.75 Å². The van der Waals surface area contributed by atoms with E-state index < -0.39 is 0 Å². The smallest absolute Gasteiger partial charge is 0.159 e. The quantitative estimate of drug-likeness (QED) is 0.662. The van der Waals surface area contributed by atoms with Crippen LogP contribution in [0.4, 0.5) is 0 Å². The molecule has 2 nitrogen and oxygen atoms in total. The molecule has 13 heavy (non-hydrogen) atoms. The lowest BCUT2D eigenvalue weighted by Gasteiger charge is -2.04. The number of carbonyl (C=O) groups excluding carboxylic acids is 1. The van der Waals surface area contributed by atoms with Crippen molar-refractivity contribution in [2.24, 2.45) is 0 Å². The number of ketones is 1. The fourth-order valence-electron chi connectivity index (χ4n) is 1.02. The zero-order valence-corrected chi connectivity index (χ0v) is 8.04. The summed E-state index contributed by atoms with van der Waals surface area (Å²) in [5.41, 5.74) is 0.702. The van der Waals surface area contributed by atoms with E-state index in [-0.39, 0.29) is 5.78 Å². The molecule has 0 unspecified atom stereocenters. The Morgan fingerprint density at radius 3 is 2.85 bits per heavy atom. The van der Waals surface area contributed by atoms with Crippen LogP contribution in [-0.4, -0.2) is 12.4 Å². The molecular weight excluding hydrogens is 164 g/mol. The van der Waals surface area contributed by atoms with E-state index in [1.807, 2.05) is 12.1 Å². The molecule has 0 aliphatic heterocycles. The van der Waals surface area contributed by atoms with Crippen LogP contribution in [0.25, 0.3) is 0 Å². The van der Waals surface area contributed by atoms with Gasteiger partial charge in [-0.1, -0.05) is 19.1 Å². The van der Waals surface area contributed by atoms with Crippen molar-refractivity contribution < 1.29 is 9.53 Å². The van der Waals surface area contributed by atoms with E-state index in [1.54, 1.807) is 19.1 Å². The zero-order valence-electron chi connectivity index (χ0n) is 8.04. The summed E-state index contributed by atoms with van der Waals surface area (Å²) in [4.78, 5) is 11.0. The van der Waals surface area contributed by atoms with Crippen molar-refractivity contribution in [3.05, 3.63) is 29.8 Å². The lowest BCUT2D eigenvalue weighted by molar-refractivity contribution is 0.101. The van der Waals surface area contributed by atoms with Crippen LogP contribution in [-0.2, 0) is 0 Å². The van der Waals surface area contributed by atoms with Crippen LogP contribution in [0.1, 0.15) is 30.6 Å². The Hall–Kier alpha value is -1.31. The fourth-order valence-corrected chi connectivity index (χ4v) is 1.02. The fraction of sp³-hybridized carbons (Fsp3) is 0.364. The molecule has 0 amide bonds. The molecule has 0 heterocycles. The van der Waals surface area contributed by atoms with E-state index in [0.717, 1.165) is 12.2 Å². The van der Waals surface area contributed by atoms with Gasteiger partial charge in [-0.2, -0.15) is 0 Å². The highest BCUT2D eigenvalue weighted by atomic mass is 16.5. The van der Waals surface area contributed by atoms with Crippen molar-refractivity contribution in [2.45, 2.75) is 20.3 Å². The molecule has 0 N–H and O–H groups in total. The molecule has 0 radical (unpaired) electrons. The lowest BCUT2D eigenvalue weighted by atomic mass is 10.1. The first-order valence-corrected chi connectivity index (χ1v) is 4.48. The van der Waals surface area contributed by atoms with Crippen LogP contribution in [0.2, 0.25) is 0 Å². The SMILES string of the molecule is CCCOc1cccc(C(C)=O)c1. The highest BCUT2D eigenvalue weighted by Gasteiger charge is 1.99. The Labute approximate surface area is 78.5 Å². The maximum absolute atomic E-state index is 11.0. The first-order chi connectivity index (χ1) is 6.24. The molecule has 0 saturated carbocycles. The summed E-state index contributed by atoms with van der Waals surface area (Å²) in [5, 5.41) is 0. The summed E-state index contributed by atoms with van der Waals surface area (Å²) in [6, 6.07) is 7.27. The average Bonchev–Trinajstić information content (AvgIpc) is 2.15. The van der Waals surface area contributed by atoms with Gasteiger partial charge in [-0.3, -0.25) is 4.79 Å². The van der Waals surface area contributed by atoms with Gasteiger partial charge < -0.3 is 4.74 Å². The van der Waals surface area contributed by atoms with Crippen LogP contribution in [0.15, 0.2) is 24.3 Å². The van der Waals surface area contributed by atoms with Crippen LogP contribution >= 0.6 is 0 Å². The van der Waals surface area contributed by atoms with Crippen LogP contribution in [0, 0.1) is 0 Å². The number of hydrogen-bond acceptors (Lipinski definition) is 2. The molecule has 0 aliphatic carbocycles. The van der Waals surface area contributed by atoms with Gasteiger partial charge in [0.25, 0.3) is 0 Å². The normalized spacial score (nSPS) is 9.69. The van der Waals surface area contributed by atoms with Gasteiger partial charge in [0.05, 0.1) is 6.61 Å². The number of ether oxygens (including phenoxy) is 1. The third-order valence-electron chi connectivity index (χ3n) is 1.71. The van der Waals surface area contributed by atoms with E-state index in [0.29, 0.717) is 12.2 Å². The van der Waals surface area contributed by atoms with E-state index in [2.05, 4.69) is 6.92 Å². The van der Waals surface area contributed by atoms with Crippen LogP contribution in [0.3, 0.4) is 0 Å². The second-order valence-electron chi connectivity index (χ2n) is 2.93. The molecule has 0 atom stereocenters. The third-order valence-corrected chi connectivity index (χ3v) is 1.71. The van der Waals surface area contributed by atoms with Crippen LogP contribution in [0.5, 0.6) is 5.75 Å². The number of benzene rings is 1. The van der Waals surface area contributed by atoms with Gasteiger partial charge in [-0.15, -0.1) is 0 Å². The second kappa shape index (κ2) is 4.65. The molecule has 0 aliphatic rings. The van der Waals surface area contributed by atoms with Gasteiger partial charge in [0.2, 0.25) is 0 Å². The van der Waals surface area contributed by atoms with E-state index in [1.165, 1.54) is 0 Å². The summed E-state index contributed by atoms with van der Waals surface area (Å²) in [7, 11) is 0. The van der Waals surface area contributed by atoms with Crippen molar-refractivity contribution in [3.63, 3.8) is 0 Å². The number of rotatable bonds is 4. The molecule has 0 saturated heterocycles. The van der Waals surface area contributed by atoms with Crippen molar-refractivity contribution in [1.29, 1.82) is 0 Å². The van der Waals surface area contributed by atoms with Gasteiger partial charge in [0.1, 0.15) is 5.75 Å². The van der Waals surface area contributed by atoms with Crippen LogP contribution < -0.4 is 4.74 Å². The Bertz CT molecular complexity index is 292. The standard InChI is InChI=1S/C11H14O2/c1-3-7-13-11-6-4-5-10(8-11)9(2)12/h4-6,8H,3,7H2,1-2H3. The van der Waals surface area contributed by atoms with Crippen molar-refractivity contribution in [2.75, 3.05) is 6.61 Å². The largest absolute Gasteiger partial charge is 0.494 e. The minimum Gasteiger partial charge on any atom is -0.494 e. The zero-order chi connectivity index (χ0) is 9.68. The Morgan fingerprint density at radius 2 is 2.23 bits per heavy atom. The molecule has 0 bridgehead atoms. The molecule has 1 aromatic rings. The van der Waals surface area contributed by atoms with Crippen molar-refractivity contribution in [1.82, 2.24) is 0 Å². The topological polar surface area (TPSA) is 26.3 Å². The number of carbonyl (C=O) groups is 1. The molecule has 70 valence electrons. The Kier molecular flexibility index (Phi) is 3.50. The molecule has 0 fully saturated rings. The highest BCUT2D eigenvalue weighted by molar-refractivity contribution is 5.94. The second-order valence-corrected chi connectivity index (χ2v) is 2.93. The Morgan fingerprint density at radius 1 is 1.46 bits per heavy atom. The first-order valence-electron chi connectivity index (χ1n) is 4.48. The van der Waals surface area contributed by atoms with Crippen molar-refractivity contribution >= 4 is 5.78 Å². The number of hydrogen-bond donors (Lipinski definition) is 0. The minimum atomic E-state index is 0.0712. The monoisotopic (exact) mass is 178 g/mol. The molecule has 1 rings (SSSR count). The predicted molar refractivity (Wildman–Crippen MR) is 52.2 cm³/mol. The van der Waals surface area contributed by atoms with E-state index >= 15 is 0 Å². The van der Waals surface area contributed by atoms with Gasteiger partial charge >= 0.3 is 0 Å². The minimum absolute atomic E-state index is 0.0712.